The Morgan fingerprint density at radius 3 is 2.95 bits per heavy atom. The SMILES string of the molecule is CN1CCN(c2ncnc3sccc23)CC12CCOCC2. The van der Waals surface area contributed by atoms with Crippen LogP contribution in [0.3, 0.4) is 0 Å². The third-order valence-electron chi connectivity index (χ3n) is 4.96. The number of nitrogens with zero attached hydrogens (tertiary/aromatic N) is 4. The second-order valence-electron chi connectivity index (χ2n) is 6.02. The molecule has 0 atom stereocenters. The first-order valence-corrected chi connectivity index (χ1v) is 8.39. The standard InChI is InChI=1S/C15H20N4OS/c1-18-5-6-19(10-15(18)3-7-20-8-4-15)13-12-2-9-21-14(12)17-11-16-13/h2,9,11H,3-8,10H2,1H3. The highest BCUT2D eigenvalue weighted by Gasteiger charge is 2.41. The van der Waals surface area contributed by atoms with Gasteiger partial charge < -0.3 is 9.64 Å². The zero-order valence-electron chi connectivity index (χ0n) is 12.3. The molecule has 0 bridgehead atoms. The van der Waals surface area contributed by atoms with Crippen LogP contribution in [0.5, 0.6) is 0 Å². The topological polar surface area (TPSA) is 41.5 Å². The summed E-state index contributed by atoms with van der Waals surface area (Å²) in [7, 11) is 2.25. The van der Waals surface area contributed by atoms with Gasteiger partial charge in [0.05, 0.1) is 5.39 Å². The molecule has 2 saturated heterocycles. The fourth-order valence-electron chi connectivity index (χ4n) is 3.56. The summed E-state index contributed by atoms with van der Waals surface area (Å²) in [5, 5.41) is 3.29. The minimum Gasteiger partial charge on any atom is -0.381 e. The summed E-state index contributed by atoms with van der Waals surface area (Å²) in [6.07, 6.45) is 3.92. The molecular formula is C15H20N4OS. The Morgan fingerprint density at radius 2 is 2.10 bits per heavy atom. The molecule has 2 aromatic rings. The third-order valence-corrected chi connectivity index (χ3v) is 5.78. The summed E-state index contributed by atoms with van der Waals surface area (Å²) in [6.45, 7) is 4.89. The molecule has 0 unspecified atom stereocenters. The van der Waals surface area contributed by atoms with E-state index in [2.05, 4.69) is 38.3 Å². The van der Waals surface area contributed by atoms with Crippen molar-refractivity contribution < 1.29 is 4.74 Å². The van der Waals surface area contributed by atoms with E-state index in [-0.39, 0.29) is 5.54 Å². The molecule has 2 aromatic heterocycles. The minimum absolute atomic E-state index is 0.240. The van der Waals surface area contributed by atoms with Crippen molar-refractivity contribution in [1.29, 1.82) is 0 Å². The van der Waals surface area contributed by atoms with E-state index in [0.29, 0.717) is 0 Å². The van der Waals surface area contributed by atoms with Crippen molar-refractivity contribution in [2.45, 2.75) is 18.4 Å². The van der Waals surface area contributed by atoms with Gasteiger partial charge in [0.25, 0.3) is 0 Å². The van der Waals surface area contributed by atoms with Crippen LogP contribution in [0, 0.1) is 0 Å². The lowest BCUT2D eigenvalue weighted by Gasteiger charge is -2.51. The number of anilines is 1. The van der Waals surface area contributed by atoms with E-state index in [1.807, 2.05) is 0 Å². The number of ether oxygens (including phenoxy) is 1. The summed E-state index contributed by atoms with van der Waals surface area (Å²) in [6, 6.07) is 2.14. The van der Waals surface area contributed by atoms with Gasteiger partial charge in [-0.1, -0.05) is 0 Å². The first-order valence-electron chi connectivity index (χ1n) is 7.51. The molecule has 0 amide bonds. The highest BCUT2D eigenvalue weighted by molar-refractivity contribution is 7.16. The van der Waals surface area contributed by atoms with Gasteiger partial charge in [-0.3, -0.25) is 4.90 Å². The number of fused-ring (bicyclic) bond motifs is 1. The number of rotatable bonds is 1. The van der Waals surface area contributed by atoms with Crippen molar-refractivity contribution >= 4 is 27.4 Å². The summed E-state index contributed by atoms with van der Waals surface area (Å²) >= 11 is 1.68. The number of aromatic nitrogens is 2. The smallest absolute Gasteiger partial charge is 0.140 e. The summed E-state index contributed by atoms with van der Waals surface area (Å²) in [4.78, 5) is 15.0. The van der Waals surface area contributed by atoms with Gasteiger partial charge in [0.15, 0.2) is 0 Å². The van der Waals surface area contributed by atoms with Crippen LogP contribution in [0.25, 0.3) is 10.2 Å². The van der Waals surface area contributed by atoms with Gasteiger partial charge in [-0.05, 0) is 31.3 Å². The van der Waals surface area contributed by atoms with Crippen LogP contribution >= 0.6 is 11.3 Å². The van der Waals surface area contributed by atoms with Gasteiger partial charge in [-0.2, -0.15) is 0 Å². The fourth-order valence-corrected chi connectivity index (χ4v) is 4.29. The number of piperazine rings is 1. The van der Waals surface area contributed by atoms with Crippen LogP contribution in [0.2, 0.25) is 0 Å². The van der Waals surface area contributed by atoms with E-state index in [1.165, 1.54) is 5.39 Å². The van der Waals surface area contributed by atoms with Crippen LogP contribution in [-0.4, -0.2) is 60.3 Å². The van der Waals surface area contributed by atoms with Crippen LogP contribution in [-0.2, 0) is 4.74 Å². The predicted octanol–water partition coefficient (Wildman–Crippen LogP) is 1.99. The van der Waals surface area contributed by atoms with Gasteiger partial charge in [0.1, 0.15) is 17.0 Å². The largest absolute Gasteiger partial charge is 0.381 e. The van der Waals surface area contributed by atoms with E-state index in [9.17, 15) is 0 Å². The monoisotopic (exact) mass is 304 g/mol. The molecule has 4 rings (SSSR count). The van der Waals surface area contributed by atoms with Crippen molar-refractivity contribution in [3.63, 3.8) is 0 Å². The van der Waals surface area contributed by atoms with E-state index in [0.717, 1.165) is 56.3 Å². The first-order chi connectivity index (χ1) is 10.3. The molecule has 4 heterocycles. The van der Waals surface area contributed by atoms with Crippen molar-refractivity contribution in [2.24, 2.45) is 0 Å². The zero-order chi connectivity index (χ0) is 14.3. The molecule has 0 aromatic carbocycles. The molecule has 2 aliphatic heterocycles. The average molecular weight is 304 g/mol. The summed E-state index contributed by atoms with van der Waals surface area (Å²) in [5.41, 5.74) is 0.240. The molecule has 112 valence electrons. The maximum absolute atomic E-state index is 5.57. The van der Waals surface area contributed by atoms with Crippen LogP contribution in [0.1, 0.15) is 12.8 Å². The number of hydrogen-bond acceptors (Lipinski definition) is 6. The second kappa shape index (κ2) is 5.19. The Kier molecular flexibility index (Phi) is 3.32. The molecule has 2 fully saturated rings. The number of thiophene rings is 1. The van der Waals surface area contributed by atoms with Gasteiger partial charge >= 0.3 is 0 Å². The second-order valence-corrected chi connectivity index (χ2v) is 6.91. The number of hydrogen-bond donors (Lipinski definition) is 0. The highest BCUT2D eigenvalue weighted by Crippen LogP contribution is 2.34. The Labute approximate surface area is 128 Å². The lowest BCUT2D eigenvalue weighted by Crippen LogP contribution is -2.63. The summed E-state index contributed by atoms with van der Waals surface area (Å²) < 4.78 is 5.57. The first kappa shape index (κ1) is 13.4. The van der Waals surface area contributed by atoms with E-state index >= 15 is 0 Å². The maximum Gasteiger partial charge on any atom is 0.140 e. The van der Waals surface area contributed by atoms with Gasteiger partial charge in [0.2, 0.25) is 0 Å². The Bertz CT molecular complexity index is 637. The minimum atomic E-state index is 0.240. The molecule has 2 aliphatic rings. The molecular weight excluding hydrogens is 284 g/mol. The highest BCUT2D eigenvalue weighted by atomic mass is 32.1. The lowest BCUT2D eigenvalue weighted by molar-refractivity contribution is -0.0221. The Morgan fingerprint density at radius 1 is 1.24 bits per heavy atom. The molecule has 1 spiro atoms. The van der Waals surface area contributed by atoms with Crippen LogP contribution in [0.15, 0.2) is 17.8 Å². The van der Waals surface area contributed by atoms with Gasteiger partial charge in [-0.15, -0.1) is 11.3 Å². The quantitative estimate of drug-likeness (QED) is 0.806. The van der Waals surface area contributed by atoms with Crippen molar-refractivity contribution in [1.82, 2.24) is 14.9 Å². The maximum atomic E-state index is 5.57. The number of likely N-dealkylation sites (N-methyl/N-ethyl adjacent to an activating group) is 1. The summed E-state index contributed by atoms with van der Waals surface area (Å²) in [5.74, 6) is 1.10. The average Bonchev–Trinajstić information content (AvgIpc) is 3.00. The van der Waals surface area contributed by atoms with E-state index < -0.39 is 0 Å². The predicted molar refractivity (Wildman–Crippen MR) is 85.0 cm³/mol. The molecule has 0 N–H and O–H groups in total. The molecule has 0 aliphatic carbocycles. The molecule has 0 radical (unpaired) electrons. The van der Waals surface area contributed by atoms with E-state index in [1.54, 1.807) is 17.7 Å². The van der Waals surface area contributed by atoms with Crippen LogP contribution in [0.4, 0.5) is 5.82 Å². The molecule has 6 heteroatoms. The fraction of sp³-hybridized carbons (Fsp3) is 0.600. The molecule has 0 saturated carbocycles. The Balaban J connectivity index is 1.68. The Hall–Kier alpha value is -1.24. The third kappa shape index (κ3) is 2.22. The van der Waals surface area contributed by atoms with Crippen LogP contribution < -0.4 is 4.90 Å². The zero-order valence-corrected chi connectivity index (χ0v) is 13.1. The lowest BCUT2D eigenvalue weighted by atomic mass is 9.86. The van der Waals surface area contributed by atoms with E-state index in [4.69, 9.17) is 4.74 Å². The normalized spacial score (nSPS) is 23.0. The van der Waals surface area contributed by atoms with Gasteiger partial charge in [-0.25, -0.2) is 9.97 Å². The van der Waals surface area contributed by atoms with Crippen molar-refractivity contribution in [2.75, 3.05) is 44.8 Å². The van der Waals surface area contributed by atoms with Crippen molar-refractivity contribution in [3.8, 4) is 0 Å². The van der Waals surface area contributed by atoms with Gasteiger partial charge in [0, 0.05) is 38.4 Å². The molecule has 21 heavy (non-hydrogen) atoms. The van der Waals surface area contributed by atoms with Crippen molar-refractivity contribution in [3.05, 3.63) is 17.8 Å². The molecule has 5 nitrogen and oxygen atoms in total.